The summed E-state index contributed by atoms with van der Waals surface area (Å²) < 4.78 is 29.7. The molecule has 0 fully saturated rings. The molecular weight excluding hydrogens is 274 g/mol. The minimum atomic E-state index is -3.84. The Balaban J connectivity index is 2.36. The van der Waals surface area contributed by atoms with E-state index in [2.05, 4.69) is 11.9 Å². The zero-order valence-corrected chi connectivity index (χ0v) is 12.3. The first-order valence-corrected chi connectivity index (χ1v) is 7.89. The highest BCUT2D eigenvalue weighted by atomic mass is 32.2. The van der Waals surface area contributed by atoms with Crippen LogP contribution in [-0.2, 0) is 10.1 Å². The molecule has 0 unspecified atom stereocenters. The van der Waals surface area contributed by atoms with E-state index in [0.29, 0.717) is 5.75 Å². The van der Waals surface area contributed by atoms with Gasteiger partial charge in [-0.25, -0.2) is 0 Å². The Bertz CT molecular complexity index is 669. The molecule has 2 aromatic rings. The molecule has 1 heterocycles. The molecule has 1 atom stereocenters. The maximum absolute atomic E-state index is 12.2. The Kier molecular flexibility index (Phi) is 4.39. The number of pyridine rings is 1. The van der Waals surface area contributed by atoms with Crippen molar-refractivity contribution >= 4 is 10.1 Å². The quantitative estimate of drug-likeness (QED) is 0.793. The molecule has 20 heavy (non-hydrogen) atoms. The summed E-state index contributed by atoms with van der Waals surface area (Å²) in [6.07, 6.45) is 3.71. The number of hydrogen-bond acceptors (Lipinski definition) is 4. The molecule has 1 aromatic heterocycles. The molecule has 1 aromatic carbocycles. The predicted octanol–water partition coefficient (Wildman–Crippen LogP) is 3.36. The van der Waals surface area contributed by atoms with Crippen molar-refractivity contribution < 1.29 is 12.6 Å². The molecule has 0 radical (unpaired) electrons. The van der Waals surface area contributed by atoms with Gasteiger partial charge >= 0.3 is 10.1 Å². The van der Waals surface area contributed by atoms with Gasteiger partial charge in [0, 0.05) is 12.4 Å². The van der Waals surface area contributed by atoms with Crippen LogP contribution in [-0.4, -0.2) is 13.4 Å². The van der Waals surface area contributed by atoms with Crippen molar-refractivity contribution in [1.82, 2.24) is 4.98 Å². The average Bonchev–Trinajstić information content (AvgIpc) is 2.47. The lowest BCUT2D eigenvalue weighted by molar-refractivity contribution is 0.479. The van der Waals surface area contributed by atoms with Gasteiger partial charge in [-0.3, -0.25) is 4.98 Å². The van der Waals surface area contributed by atoms with Crippen LogP contribution >= 0.6 is 0 Å². The molecule has 0 aliphatic rings. The third-order valence-electron chi connectivity index (χ3n) is 3.18. The summed E-state index contributed by atoms with van der Waals surface area (Å²) in [6, 6.07) is 10.2. The summed E-state index contributed by atoms with van der Waals surface area (Å²) in [6.45, 7) is 4.09. The monoisotopic (exact) mass is 291 g/mol. The van der Waals surface area contributed by atoms with Gasteiger partial charge in [0.05, 0.1) is 0 Å². The molecule has 106 valence electrons. The average molecular weight is 291 g/mol. The van der Waals surface area contributed by atoms with Crippen LogP contribution in [0, 0.1) is 0 Å². The standard InChI is InChI=1S/C15H17NO3S/c1-3-12(2)14-8-4-5-9-15(14)19-20(17,18)13-7-6-10-16-11-13/h4-12H,3H2,1-2H3/t12-/m1/s1. The second-order valence-corrected chi connectivity index (χ2v) is 6.12. The zero-order valence-electron chi connectivity index (χ0n) is 11.5. The summed E-state index contributed by atoms with van der Waals surface area (Å²) in [5, 5.41) is 0. The van der Waals surface area contributed by atoms with Gasteiger partial charge in [-0.15, -0.1) is 0 Å². The third kappa shape index (κ3) is 3.17. The highest BCUT2D eigenvalue weighted by Crippen LogP contribution is 2.30. The zero-order chi connectivity index (χ0) is 14.6. The first kappa shape index (κ1) is 14.5. The lowest BCUT2D eigenvalue weighted by Crippen LogP contribution is -2.11. The van der Waals surface area contributed by atoms with E-state index in [0.717, 1.165) is 12.0 Å². The maximum atomic E-state index is 12.2. The Morgan fingerprint density at radius 1 is 1.20 bits per heavy atom. The van der Waals surface area contributed by atoms with Crippen molar-refractivity contribution in [3.8, 4) is 5.75 Å². The van der Waals surface area contributed by atoms with E-state index in [4.69, 9.17) is 4.18 Å². The van der Waals surface area contributed by atoms with Crippen LogP contribution in [0.5, 0.6) is 5.75 Å². The molecule has 0 amide bonds. The van der Waals surface area contributed by atoms with E-state index in [1.807, 2.05) is 19.1 Å². The fourth-order valence-electron chi connectivity index (χ4n) is 1.84. The normalized spacial score (nSPS) is 12.9. The summed E-state index contributed by atoms with van der Waals surface area (Å²) in [7, 11) is -3.84. The smallest absolute Gasteiger partial charge is 0.340 e. The van der Waals surface area contributed by atoms with Crippen molar-refractivity contribution in [3.05, 3.63) is 54.4 Å². The molecule has 0 saturated carbocycles. The van der Waals surface area contributed by atoms with Crippen molar-refractivity contribution in [2.75, 3.05) is 0 Å². The predicted molar refractivity (Wildman–Crippen MR) is 77.2 cm³/mol. The van der Waals surface area contributed by atoms with Crippen LogP contribution in [0.3, 0.4) is 0 Å². The number of benzene rings is 1. The molecular formula is C15H17NO3S. The van der Waals surface area contributed by atoms with E-state index in [1.165, 1.54) is 18.5 Å². The number of para-hydroxylation sites is 1. The second-order valence-electron chi connectivity index (χ2n) is 4.57. The minimum absolute atomic E-state index is 0.0546. The van der Waals surface area contributed by atoms with Crippen LogP contribution in [0.15, 0.2) is 53.7 Å². The summed E-state index contributed by atoms with van der Waals surface area (Å²) in [4.78, 5) is 3.86. The van der Waals surface area contributed by atoms with Crippen molar-refractivity contribution in [2.45, 2.75) is 31.1 Å². The fourth-order valence-corrected chi connectivity index (χ4v) is 2.76. The van der Waals surface area contributed by atoms with Crippen LogP contribution in [0.4, 0.5) is 0 Å². The molecule has 2 rings (SSSR count). The lowest BCUT2D eigenvalue weighted by Gasteiger charge is -2.15. The third-order valence-corrected chi connectivity index (χ3v) is 4.40. The van der Waals surface area contributed by atoms with E-state index in [-0.39, 0.29) is 10.8 Å². The molecule has 0 bridgehead atoms. The molecule has 0 aliphatic carbocycles. The highest BCUT2D eigenvalue weighted by molar-refractivity contribution is 7.87. The van der Waals surface area contributed by atoms with Crippen molar-refractivity contribution in [2.24, 2.45) is 0 Å². The summed E-state index contributed by atoms with van der Waals surface area (Å²) >= 11 is 0. The summed E-state index contributed by atoms with van der Waals surface area (Å²) in [5.41, 5.74) is 0.891. The number of aromatic nitrogens is 1. The van der Waals surface area contributed by atoms with Gasteiger partial charge in [0.2, 0.25) is 0 Å². The summed E-state index contributed by atoms with van der Waals surface area (Å²) in [5.74, 6) is 0.612. The fraction of sp³-hybridized carbons (Fsp3) is 0.267. The van der Waals surface area contributed by atoms with E-state index < -0.39 is 10.1 Å². The Hall–Kier alpha value is -1.88. The molecule has 5 heteroatoms. The molecule has 4 nitrogen and oxygen atoms in total. The second kappa shape index (κ2) is 6.05. The van der Waals surface area contributed by atoms with Gasteiger partial charge in [-0.2, -0.15) is 8.42 Å². The number of hydrogen-bond donors (Lipinski definition) is 0. The van der Waals surface area contributed by atoms with E-state index >= 15 is 0 Å². The topological polar surface area (TPSA) is 56.3 Å². The molecule has 0 saturated heterocycles. The van der Waals surface area contributed by atoms with Gasteiger partial charge in [0.25, 0.3) is 0 Å². The molecule has 0 N–H and O–H groups in total. The number of nitrogens with zero attached hydrogens (tertiary/aromatic N) is 1. The van der Waals surface area contributed by atoms with Crippen molar-refractivity contribution in [3.63, 3.8) is 0 Å². The van der Waals surface area contributed by atoms with Crippen LogP contribution in [0.2, 0.25) is 0 Å². The van der Waals surface area contributed by atoms with Gasteiger partial charge in [-0.05, 0) is 36.1 Å². The van der Waals surface area contributed by atoms with Gasteiger partial charge in [0.15, 0.2) is 0 Å². The van der Waals surface area contributed by atoms with E-state index in [9.17, 15) is 8.42 Å². The SMILES string of the molecule is CC[C@@H](C)c1ccccc1OS(=O)(=O)c1cccnc1. The first-order chi connectivity index (χ1) is 9.54. The van der Waals surface area contributed by atoms with Gasteiger partial charge in [-0.1, -0.05) is 32.0 Å². The number of rotatable bonds is 5. The van der Waals surface area contributed by atoms with Crippen LogP contribution in [0.25, 0.3) is 0 Å². The van der Waals surface area contributed by atoms with Gasteiger partial charge < -0.3 is 4.18 Å². The lowest BCUT2D eigenvalue weighted by atomic mass is 9.98. The Labute approximate surface area is 119 Å². The molecule has 0 spiro atoms. The first-order valence-electron chi connectivity index (χ1n) is 6.48. The minimum Gasteiger partial charge on any atom is -0.379 e. The van der Waals surface area contributed by atoms with Gasteiger partial charge in [0.1, 0.15) is 10.6 Å². The Morgan fingerprint density at radius 2 is 1.95 bits per heavy atom. The highest BCUT2D eigenvalue weighted by Gasteiger charge is 2.19. The largest absolute Gasteiger partial charge is 0.379 e. The van der Waals surface area contributed by atoms with Crippen LogP contribution < -0.4 is 4.18 Å². The van der Waals surface area contributed by atoms with Crippen molar-refractivity contribution in [1.29, 1.82) is 0 Å². The van der Waals surface area contributed by atoms with Crippen LogP contribution in [0.1, 0.15) is 31.7 Å². The maximum Gasteiger partial charge on any atom is 0.340 e. The van der Waals surface area contributed by atoms with E-state index in [1.54, 1.807) is 18.2 Å². The molecule has 0 aliphatic heterocycles. The Morgan fingerprint density at radius 3 is 2.60 bits per heavy atom.